The molecule has 2 aliphatic heterocycles. The maximum atomic E-state index is 15.5. The smallest absolute Gasteiger partial charge is 0.213 e. The van der Waals surface area contributed by atoms with Gasteiger partial charge in [0.25, 0.3) is 0 Å². The van der Waals surface area contributed by atoms with Gasteiger partial charge < -0.3 is 14.2 Å². The van der Waals surface area contributed by atoms with E-state index >= 15 is 4.39 Å². The summed E-state index contributed by atoms with van der Waals surface area (Å²) in [6.07, 6.45) is 15.1. The number of aromatic nitrogens is 1. The second kappa shape index (κ2) is 20.1. The Kier molecular flexibility index (Phi) is 13.3. The molecule has 0 N–H and O–H groups in total. The van der Waals surface area contributed by atoms with E-state index in [2.05, 4.69) is 238 Å². The monoisotopic (exact) mass is 1000 g/mol. The molecule has 0 saturated heterocycles. The predicted octanol–water partition coefficient (Wildman–Crippen LogP) is 17.6. The number of furan rings is 1. The van der Waals surface area contributed by atoms with E-state index in [0.717, 1.165) is 91.6 Å². The highest BCUT2D eigenvalue weighted by Crippen LogP contribution is 2.55. The molecule has 75 heavy (non-hydrogen) atoms. The quantitative estimate of drug-likeness (QED) is 0.0469. The van der Waals surface area contributed by atoms with Gasteiger partial charge in [0.2, 0.25) is 5.69 Å². The number of halogens is 1. The third kappa shape index (κ3) is 8.89. The molecule has 374 valence electrons. The Bertz CT molecular complexity index is 3710. The molecule has 4 nitrogen and oxygen atoms in total. The van der Waals surface area contributed by atoms with E-state index in [1.165, 1.54) is 33.1 Å². The predicted molar refractivity (Wildman–Crippen MR) is 318 cm³/mol. The summed E-state index contributed by atoms with van der Waals surface area (Å²) in [6, 6.07) is 56.0. The number of anilines is 3. The molecular formula is C69H67FN3OSi+. The van der Waals surface area contributed by atoms with Crippen LogP contribution < -0.4 is 19.6 Å². The van der Waals surface area contributed by atoms with Gasteiger partial charge in [-0.15, -0.1) is 0 Å². The summed E-state index contributed by atoms with van der Waals surface area (Å²) >= 11 is 0. The highest BCUT2D eigenvalue weighted by atomic mass is 28.3. The molecule has 11 rings (SSSR count). The molecule has 0 spiro atoms. The van der Waals surface area contributed by atoms with Crippen molar-refractivity contribution in [3.8, 4) is 33.5 Å². The lowest BCUT2D eigenvalue weighted by Crippen LogP contribution is -2.53. The van der Waals surface area contributed by atoms with Crippen molar-refractivity contribution in [2.75, 3.05) is 16.8 Å². The summed E-state index contributed by atoms with van der Waals surface area (Å²) in [5, 5.41) is 3.34. The minimum atomic E-state index is -1.76. The summed E-state index contributed by atoms with van der Waals surface area (Å²) < 4.78 is 25.3. The Morgan fingerprint density at radius 1 is 0.747 bits per heavy atom. The molecule has 0 aliphatic carbocycles. The van der Waals surface area contributed by atoms with Crippen LogP contribution in [-0.4, -0.2) is 15.1 Å². The van der Waals surface area contributed by atoms with Gasteiger partial charge in [-0.2, -0.15) is 4.57 Å². The minimum absolute atomic E-state index is 0.0182. The highest BCUT2D eigenvalue weighted by Gasteiger charge is 2.43. The van der Waals surface area contributed by atoms with E-state index in [9.17, 15) is 0 Å². The van der Waals surface area contributed by atoms with Gasteiger partial charge in [0.15, 0.2) is 12.2 Å². The fourth-order valence-electron chi connectivity index (χ4n) is 12.4. The first-order valence-electron chi connectivity index (χ1n) is 26.7. The van der Waals surface area contributed by atoms with Gasteiger partial charge in [-0.25, -0.2) is 4.39 Å². The van der Waals surface area contributed by atoms with E-state index in [1.54, 1.807) is 12.1 Å². The Morgan fingerprint density at radius 2 is 1.45 bits per heavy atom. The first kappa shape index (κ1) is 49.4. The molecule has 0 fully saturated rings. The topological polar surface area (TPSA) is 23.5 Å². The Hall–Kier alpha value is -7.80. The molecule has 3 atom stereocenters. The van der Waals surface area contributed by atoms with Crippen molar-refractivity contribution in [2.24, 2.45) is 5.92 Å². The molecule has 9 aromatic rings. The van der Waals surface area contributed by atoms with E-state index in [-0.39, 0.29) is 23.9 Å². The summed E-state index contributed by atoms with van der Waals surface area (Å²) in [7, 11) is 0.450. The van der Waals surface area contributed by atoms with Crippen molar-refractivity contribution in [2.45, 2.75) is 77.8 Å². The van der Waals surface area contributed by atoms with E-state index < -0.39 is 8.07 Å². The number of aryl methyl sites for hydroxylation is 1. The molecule has 0 radical (unpaired) electrons. The van der Waals surface area contributed by atoms with Crippen molar-refractivity contribution in [1.82, 2.24) is 0 Å². The van der Waals surface area contributed by atoms with Crippen LogP contribution in [0.15, 0.2) is 212 Å². The maximum Gasteiger partial charge on any atom is 0.213 e. The Morgan fingerprint density at radius 3 is 2.16 bits per heavy atom. The summed E-state index contributed by atoms with van der Waals surface area (Å²) in [5.74, 6) is 0.320. The number of allylic oxidation sites excluding steroid dienone is 6. The largest absolute Gasteiger partial charge is 0.455 e. The van der Waals surface area contributed by atoms with Gasteiger partial charge in [-0.3, -0.25) is 0 Å². The molecule has 0 bridgehead atoms. The van der Waals surface area contributed by atoms with Gasteiger partial charge in [0.05, 0.1) is 31.1 Å². The number of para-hydroxylation sites is 2. The van der Waals surface area contributed by atoms with Crippen molar-refractivity contribution in [3.63, 3.8) is 0 Å². The van der Waals surface area contributed by atoms with E-state index in [1.807, 2.05) is 19.1 Å². The van der Waals surface area contributed by atoms with Gasteiger partial charge in [0, 0.05) is 51.8 Å². The van der Waals surface area contributed by atoms with Crippen LogP contribution in [0.3, 0.4) is 0 Å². The average Bonchev–Trinajstić information content (AvgIpc) is 3.98. The summed E-state index contributed by atoms with van der Waals surface area (Å²) in [4.78, 5) is 4.93. The number of hydrogen-bond acceptors (Lipinski definition) is 3. The van der Waals surface area contributed by atoms with Gasteiger partial charge in [0.1, 0.15) is 23.1 Å². The van der Waals surface area contributed by atoms with Gasteiger partial charge in [-0.1, -0.05) is 168 Å². The maximum absolute atomic E-state index is 15.5. The fraction of sp³-hybridized carbons (Fsp3) is 0.203. The molecule has 7 aromatic carbocycles. The van der Waals surface area contributed by atoms with Gasteiger partial charge in [-0.05, 0) is 131 Å². The zero-order valence-electron chi connectivity index (χ0n) is 44.4. The van der Waals surface area contributed by atoms with Gasteiger partial charge >= 0.3 is 0 Å². The van der Waals surface area contributed by atoms with Crippen LogP contribution in [0.5, 0.6) is 0 Å². The molecule has 0 saturated carbocycles. The highest BCUT2D eigenvalue weighted by molar-refractivity contribution is 6.89. The lowest BCUT2D eigenvalue weighted by atomic mass is 9.78. The second-order valence-corrected chi connectivity index (χ2v) is 27.0. The SMILES string of the molecule is C=C/C=C(\C=C/C)c1cc(CCC2c3ccccc3-c3cc(CC(C)C)c([Si](C)(C)C)c[n+]3C2C=C)c(C2N(C)c3ccccc3N2c2ccc(-c3ccccc3)cc2-c2ccccc2)c2oc3cc(F)ccc3c12. The van der Waals surface area contributed by atoms with E-state index in [0.29, 0.717) is 11.5 Å². The first-order valence-corrected chi connectivity index (χ1v) is 30.2. The normalized spacial score (nSPS) is 16.5. The minimum Gasteiger partial charge on any atom is -0.455 e. The van der Waals surface area contributed by atoms with Crippen LogP contribution in [0.25, 0.3) is 61.0 Å². The number of fused-ring (bicyclic) bond motifs is 7. The number of rotatable bonds is 14. The molecule has 4 heterocycles. The number of nitrogens with zero attached hydrogens (tertiary/aromatic N) is 3. The average molecular weight is 1000 g/mol. The van der Waals surface area contributed by atoms with Crippen molar-refractivity contribution in [1.29, 1.82) is 0 Å². The van der Waals surface area contributed by atoms with Crippen LogP contribution in [0, 0.1) is 11.7 Å². The second-order valence-electron chi connectivity index (χ2n) is 21.9. The molecule has 0 amide bonds. The van der Waals surface area contributed by atoms with Crippen LogP contribution >= 0.6 is 0 Å². The number of pyridine rings is 1. The first-order chi connectivity index (χ1) is 36.4. The fourth-order valence-corrected chi connectivity index (χ4v) is 14.0. The van der Waals surface area contributed by atoms with Crippen LogP contribution in [0.1, 0.15) is 73.1 Å². The number of benzene rings is 7. The molecule has 2 aromatic heterocycles. The molecular weight excluding hydrogens is 934 g/mol. The van der Waals surface area contributed by atoms with E-state index in [4.69, 9.17) is 4.42 Å². The van der Waals surface area contributed by atoms with Crippen molar-refractivity contribution in [3.05, 3.63) is 241 Å². The third-order valence-electron chi connectivity index (χ3n) is 15.6. The lowest BCUT2D eigenvalue weighted by molar-refractivity contribution is -0.706. The molecule has 6 heteroatoms. The summed E-state index contributed by atoms with van der Waals surface area (Å²) in [5.41, 5.74) is 18.7. The zero-order valence-corrected chi connectivity index (χ0v) is 45.4. The summed E-state index contributed by atoms with van der Waals surface area (Å²) in [6.45, 7) is 22.9. The lowest BCUT2D eigenvalue weighted by Gasteiger charge is -2.35. The van der Waals surface area contributed by atoms with Crippen molar-refractivity contribution >= 4 is 57.8 Å². The standard InChI is InChI=1S/C69H67FN3OSi/c1-10-23-47(24-11-2)58-41-50(33-36-55-53-29-19-20-30-54(53)63-42-51(39-45(4)5)65(75(7,8)9)44-72(63)59(55)12-3)66(68-67(58)56-37-35-52(70)43-64(56)74-68)69-71(6)61-31-21-22-32-62(61)73(69)60-38-34-49(46-25-15-13-16-26-46)40-57(60)48-27-17-14-18-28-48/h10-32,34-35,37-38,40-45,55,59,69H,1,3,33,36,39H2,2,4-9H3/q+1/b24-11-,47-23+. The Labute approximate surface area is 444 Å². The van der Waals surface area contributed by atoms with Crippen LogP contribution in [0.2, 0.25) is 19.6 Å². The van der Waals surface area contributed by atoms with Crippen molar-refractivity contribution < 1.29 is 13.4 Å². The van der Waals surface area contributed by atoms with Crippen LogP contribution in [-0.2, 0) is 12.8 Å². The number of hydrogen-bond donors (Lipinski definition) is 0. The van der Waals surface area contributed by atoms with Crippen LogP contribution in [0.4, 0.5) is 21.5 Å². The third-order valence-corrected chi connectivity index (χ3v) is 17.7. The molecule has 3 unspecified atom stereocenters. The zero-order chi connectivity index (χ0) is 52.1. The Balaban J connectivity index is 1.16. The molecule has 2 aliphatic rings.